The lowest BCUT2D eigenvalue weighted by atomic mass is 9.82. The molecule has 0 bridgehead atoms. The fourth-order valence-electron chi connectivity index (χ4n) is 7.83. The highest BCUT2D eigenvalue weighted by atomic mass is 15.3. The number of aromatic nitrogens is 2. The number of fused-ring (bicyclic) bond motifs is 2. The van der Waals surface area contributed by atoms with Gasteiger partial charge in [0, 0.05) is 29.4 Å². The predicted octanol–water partition coefficient (Wildman–Crippen LogP) is 8.49. The summed E-state index contributed by atoms with van der Waals surface area (Å²) < 4.78 is 0. The third-order valence-corrected chi connectivity index (χ3v) is 9.88. The number of hydrogen-bond acceptors (Lipinski definition) is 4. The molecule has 0 N–H and O–H groups in total. The molecule has 3 unspecified atom stereocenters. The summed E-state index contributed by atoms with van der Waals surface area (Å²) in [5.41, 5.74) is 9.53. The number of anilines is 2. The van der Waals surface area contributed by atoms with Gasteiger partial charge >= 0.3 is 0 Å². The van der Waals surface area contributed by atoms with Gasteiger partial charge in [0.2, 0.25) is 5.95 Å². The number of para-hydroxylation sites is 2. The van der Waals surface area contributed by atoms with Gasteiger partial charge in [-0.25, -0.2) is 9.97 Å². The van der Waals surface area contributed by atoms with Gasteiger partial charge in [-0.2, -0.15) is 0 Å². The molecule has 0 radical (unpaired) electrons. The molecule has 3 atom stereocenters. The van der Waals surface area contributed by atoms with E-state index >= 15 is 0 Å². The van der Waals surface area contributed by atoms with Crippen LogP contribution in [0.4, 0.5) is 11.6 Å². The van der Waals surface area contributed by atoms with Crippen molar-refractivity contribution < 1.29 is 0 Å². The van der Waals surface area contributed by atoms with E-state index in [1.807, 2.05) is 0 Å². The highest BCUT2D eigenvalue weighted by Gasteiger charge is 2.75. The maximum absolute atomic E-state index is 5.42. The van der Waals surface area contributed by atoms with Crippen LogP contribution in [0.2, 0.25) is 0 Å². The first-order chi connectivity index (χ1) is 20.7. The topological polar surface area (TPSA) is 32.3 Å². The van der Waals surface area contributed by atoms with E-state index in [1.165, 1.54) is 33.8 Å². The van der Waals surface area contributed by atoms with Crippen molar-refractivity contribution >= 4 is 28.1 Å². The van der Waals surface area contributed by atoms with Crippen molar-refractivity contribution in [2.24, 2.45) is 11.3 Å². The molecule has 4 nitrogen and oxygen atoms in total. The van der Waals surface area contributed by atoms with E-state index < -0.39 is 0 Å². The van der Waals surface area contributed by atoms with Gasteiger partial charge in [-0.1, -0.05) is 104 Å². The summed E-state index contributed by atoms with van der Waals surface area (Å²) in [5.74, 6) is 1.31. The van der Waals surface area contributed by atoms with Gasteiger partial charge in [0.15, 0.2) is 0 Å². The largest absolute Gasteiger partial charge is 0.338 e. The monoisotopic (exact) mass is 544 g/mol. The van der Waals surface area contributed by atoms with E-state index in [2.05, 4.69) is 138 Å². The van der Waals surface area contributed by atoms with Crippen LogP contribution in [0.25, 0.3) is 16.5 Å². The Balaban J connectivity index is 1.24. The van der Waals surface area contributed by atoms with Gasteiger partial charge in [0.25, 0.3) is 0 Å². The highest BCUT2D eigenvalue weighted by Crippen LogP contribution is 2.74. The van der Waals surface area contributed by atoms with Crippen LogP contribution >= 0.6 is 0 Å². The molecule has 1 fully saturated rings. The molecule has 0 saturated heterocycles. The van der Waals surface area contributed by atoms with Gasteiger partial charge in [-0.05, 0) is 60.1 Å². The lowest BCUT2D eigenvalue weighted by Gasteiger charge is -2.41. The van der Waals surface area contributed by atoms with Crippen molar-refractivity contribution in [2.45, 2.75) is 38.1 Å². The maximum atomic E-state index is 5.42. The summed E-state index contributed by atoms with van der Waals surface area (Å²) in [6.07, 6.45) is 31.4. The summed E-state index contributed by atoms with van der Waals surface area (Å²) in [5, 5.41) is 1.09. The Morgan fingerprint density at radius 2 is 1.81 bits per heavy atom. The van der Waals surface area contributed by atoms with Crippen LogP contribution in [-0.4, -0.2) is 20.4 Å². The second-order valence-electron chi connectivity index (χ2n) is 12.4. The van der Waals surface area contributed by atoms with Crippen molar-refractivity contribution in [3.05, 3.63) is 150 Å². The van der Waals surface area contributed by atoms with Crippen LogP contribution in [0, 0.1) is 11.3 Å². The Morgan fingerprint density at radius 3 is 2.76 bits per heavy atom. The lowest BCUT2D eigenvalue weighted by molar-refractivity contribution is 0.363. The fourth-order valence-corrected chi connectivity index (χ4v) is 7.83. The van der Waals surface area contributed by atoms with Gasteiger partial charge in [0.05, 0.1) is 27.9 Å². The summed E-state index contributed by atoms with van der Waals surface area (Å²) in [7, 11) is 0. The Labute approximate surface area is 246 Å². The molecule has 42 heavy (non-hydrogen) atoms. The molecule has 1 aromatic heterocycles. The molecule has 0 amide bonds. The van der Waals surface area contributed by atoms with E-state index in [4.69, 9.17) is 9.97 Å². The predicted molar refractivity (Wildman–Crippen MR) is 171 cm³/mol. The molecule has 204 valence electrons. The SMILES string of the molecule is CC1C=C(N2C=CC34CC23C=CC2=C4N(c3nc(C4=CC=CC=CC4)c4ccccc4n3)c3ccccc3C2)C=CC1. The zero-order valence-electron chi connectivity index (χ0n) is 23.7. The van der Waals surface area contributed by atoms with E-state index in [0.29, 0.717) is 5.92 Å². The number of allylic oxidation sites excluding steroid dienone is 11. The standard InChI is InChI=1S/C38H32N4/c1-26-11-10-15-30(23-26)41-22-21-37-25-38(37,41)20-19-29-24-28-14-6-9-18-33(28)42(35(29)37)36-39-32-17-8-7-16-31(32)34(40-36)27-12-4-2-3-5-13-27/h2-10,12,14-23,26H,11,13,24-25H2,1H3. The molecular weight excluding hydrogens is 512 g/mol. The first-order valence-electron chi connectivity index (χ1n) is 15.1. The van der Waals surface area contributed by atoms with Crippen LogP contribution < -0.4 is 4.90 Å². The molecule has 4 aliphatic carbocycles. The summed E-state index contributed by atoms with van der Waals surface area (Å²) in [6, 6.07) is 17.2. The quantitative estimate of drug-likeness (QED) is 0.331. The Hall–Kier alpha value is -4.70. The first-order valence-corrected chi connectivity index (χ1v) is 15.1. The normalized spacial score (nSPS) is 28.3. The van der Waals surface area contributed by atoms with Crippen LogP contribution in [0.5, 0.6) is 0 Å². The van der Waals surface area contributed by atoms with E-state index in [9.17, 15) is 0 Å². The van der Waals surface area contributed by atoms with Crippen molar-refractivity contribution in [3.63, 3.8) is 0 Å². The molecule has 2 aliphatic heterocycles. The fraction of sp³-hybridized carbons (Fsp3) is 0.211. The lowest BCUT2D eigenvalue weighted by Crippen LogP contribution is -2.39. The third-order valence-electron chi connectivity index (χ3n) is 9.88. The molecule has 2 aromatic carbocycles. The Kier molecular flexibility index (Phi) is 4.93. The van der Waals surface area contributed by atoms with E-state index in [-0.39, 0.29) is 11.0 Å². The van der Waals surface area contributed by atoms with E-state index in [1.54, 1.807) is 0 Å². The smallest absolute Gasteiger partial charge is 0.235 e. The van der Waals surface area contributed by atoms with Crippen molar-refractivity contribution in [2.75, 3.05) is 4.90 Å². The zero-order chi connectivity index (χ0) is 27.9. The minimum absolute atomic E-state index is 0.0807. The second kappa shape index (κ2) is 8.65. The maximum Gasteiger partial charge on any atom is 0.235 e. The summed E-state index contributed by atoms with van der Waals surface area (Å²) in [4.78, 5) is 15.6. The second-order valence-corrected chi connectivity index (χ2v) is 12.4. The number of rotatable bonds is 3. The minimum Gasteiger partial charge on any atom is -0.338 e. The molecular formula is C38H32N4. The van der Waals surface area contributed by atoms with Gasteiger partial charge in [-0.3, -0.25) is 4.90 Å². The van der Waals surface area contributed by atoms with Crippen molar-refractivity contribution in [3.8, 4) is 0 Å². The molecule has 1 saturated carbocycles. The Bertz CT molecular complexity index is 1930. The number of benzene rings is 2. The molecule has 9 rings (SSSR count). The highest BCUT2D eigenvalue weighted by molar-refractivity contribution is 5.92. The van der Waals surface area contributed by atoms with Crippen molar-refractivity contribution in [1.29, 1.82) is 0 Å². The van der Waals surface area contributed by atoms with Gasteiger partial charge in [-0.15, -0.1) is 0 Å². The number of hydrogen-bond donors (Lipinski definition) is 0. The van der Waals surface area contributed by atoms with Crippen molar-refractivity contribution in [1.82, 2.24) is 14.9 Å². The summed E-state index contributed by atoms with van der Waals surface area (Å²) in [6.45, 7) is 2.31. The third kappa shape index (κ3) is 3.24. The van der Waals surface area contributed by atoms with Crippen LogP contribution in [0.15, 0.2) is 139 Å². The molecule has 3 aromatic rings. The molecule has 0 spiro atoms. The Morgan fingerprint density at radius 1 is 0.905 bits per heavy atom. The van der Waals surface area contributed by atoms with Crippen LogP contribution in [0.3, 0.4) is 0 Å². The molecule has 6 aliphatic rings. The van der Waals surface area contributed by atoms with Gasteiger partial charge in [0.1, 0.15) is 0 Å². The number of nitrogens with zero attached hydrogens (tertiary/aromatic N) is 4. The average molecular weight is 545 g/mol. The molecule has 4 heteroatoms. The van der Waals surface area contributed by atoms with Crippen LogP contribution in [0.1, 0.15) is 37.4 Å². The van der Waals surface area contributed by atoms with E-state index in [0.717, 1.165) is 48.2 Å². The summed E-state index contributed by atoms with van der Waals surface area (Å²) >= 11 is 0. The first kappa shape index (κ1) is 24.0. The van der Waals surface area contributed by atoms with Gasteiger partial charge < -0.3 is 4.90 Å². The van der Waals surface area contributed by atoms with Crippen LogP contribution in [-0.2, 0) is 6.42 Å². The molecule has 3 heterocycles. The zero-order valence-corrected chi connectivity index (χ0v) is 23.7. The minimum atomic E-state index is -0.109. The average Bonchev–Trinajstić information content (AvgIpc) is 3.68.